The van der Waals surface area contributed by atoms with E-state index < -0.39 is 0 Å². The minimum Gasteiger partial charge on any atom is -0.497 e. The van der Waals surface area contributed by atoms with Gasteiger partial charge >= 0.3 is 0 Å². The largest absolute Gasteiger partial charge is 0.497 e. The van der Waals surface area contributed by atoms with Gasteiger partial charge in [-0.25, -0.2) is 0 Å². The fourth-order valence-corrected chi connectivity index (χ4v) is 7.18. The van der Waals surface area contributed by atoms with E-state index in [0.717, 1.165) is 5.75 Å². The van der Waals surface area contributed by atoms with Crippen LogP contribution in [0.3, 0.4) is 0 Å². The molecule has 1 aliphatic carbocycles. The lowest BCUT2D eigenvalue weighted by Crippen LogP contribution is -2.62. The first kappa shape index (κ1) is 23.5. The van der Waals surface area contributed by atoms with Crippen molar-refractivity contribution in [1.82, 2.24) is 0 Å². The summed E-state index contributed by atoms with van der Waals surface area (Å²) in [6.07, 6.45) is 6.61. The van der Waals surface area contributed by atoms with Crippen LogP contribution in [-0.4, -0.2) is 19.9 Å². The van der Waals surface area contributed by atoms with E-state index in [1.165, 1.54) is 82.5 Å². The van der Waals surface area contributed by atoms with Gasteiger partial charge in [0.05, 0.1) is 7.11 Å². The zero-order valence-corrected chi connectivity index (χ0v) is 22.7. The van der Waals surface area contributed by atoms with Gasteiger partial charge in [0.15, 0.2) is 0 Å². The lowest BCUT2D eigenvalue weighted by molar-refractivity contribution is 0.415. The highest BCUT2D eigenvalue weighted by atomic mass is 16.5. The maximum atomic E-state index is 5.76. The Morgan fingerprint density at radius 2 is 1.45 bits per heavy atom. The summed E-state index contributed by atoms with van der Waals surface area (Å²) >= 11 is 0. The second-order valence-corrected chi connectivity index (χ2v) is 11.4. The summed E-state index contributed by atoms with van der Waals surface area (Å²) in [5.74, 6) is 1.52. The first-order valence-electron chi connectivity index (χ1n) is 14.2. The third-order valence-electron chi connectivity index (χ3n) is 8.85. The van der Waals surface area contributed by atoms with E-state index in [4.69, 9.17) is 4.74 Å². The normalized spacial score (nSPS) is 16.3. The summed E-state index contributed by atoms with van der Waals surface area (Å²) in [5.41, 5.74) is 12.1. The molecule has 0 amide bonds. The predicted molar refractivity (Wildman–Crippen MR) is 162 cm³/mol. The average molecular weight is 498 g/mol. The molecule has 1 saturated carbocycles. The van der Waals surface area contributed by atoms with E-state index in [1.54, 1.807) is 7.11 Å². The molecule has 0 radical (unpaired) electrons. The van der Waals surface area contributed by atoms with Crippen LogP contribution >= 0.6 is 0 Å². The number of rotatable bonds is 4. The molecule has 3 nitrogen and oxygen atoms in total. The lowest BCUT2D eigenvalue weighted by Gasteiger charge is -2.46. The molecule has 0 spiro atoms. The van der Waals surface area contributed by atoms with Gasteiger partial charge in [-0.2, -0.15) is 0 Å². The van der Waals surface area contributed by atoms with Gasteiger partial charge in [0.25, 0.3) is 6.71 Å². The van der Waals surface area contributed by atoms with Gasteiger partial charge < -0.3 is 14.5 Å². The number of para-hydroxylation sites is 2. The number of benzene rings is 4. The van der Waals surface area contributed by atoms with Crippen molar-refractivity contribution in [2.24, 2.45) is 0 Å². The maximum absolute atomic E-state index is 5.76. The molecule has 0 unspecified atom stereocenters. The smallest absolute Gasteiger partial charge is 0.252 e. The van der Waals surface area contributed by atoms with Crippen LogP contribution in [0, 0.1) is 0 Å². The topological polar surface area (TPSA) is 15.7 Å². The van der Waals surface area contributed by atoms with Crippen LogP contribution in [0.15, 0.2) is 84.9 Å². The van der Waals surface area contributed by atoms with Crippen molar-refractivity contribution in [2.45, 2.75) is 57.9 Å². The SMILES string of the molecule is COc1ccc2c(c1)N(c1ccccc1)c1cc(C3CCCCC3)cc3c1B2c1ccccc1N3C(C)C. The van der Waals surface area contributed by atoms with Crippen LogP contribution in [0.5, 0.6) is 5.75 Å². The van der Waals surface area contributed by atoms with Crippen LogP contribution in [-0.2, 0) is 0 Å². The third-order valence-corrected chi connectivity index (χ3v) is 8.85. The number of fused-ring (bicyclic) bond motifs is 4. The van der Waals surface area contributed by atoms with Crippen molar-refractivity contribution < 1.29 is 4.74 Å². The summed E-state index contributed by atoms with van der Waals surface area (Å²) < 4.78 is 5.76. The van der Waals surface area contributed by atoms with Gasteiger partial charge in [0, 0.05) is 40.5 Å². The van der Waals surface area contributed by atoms with Gasteiger partial charge in [-0.05, 0) is 91.0 Å². The molecule has 2 heterocycles. The van der Waals surface area contributed by atoms with Gasteiger partial charge in [0.2, 0.25) is 0 Å². The predicted octanol–water partition coefficient (Wildman–Crippen LogP) is 6.90. The van der Waals surface area contributed by atoms with E-state index in [-0.39, 0.29) is 6.71 Å². The van der Waals surface area contributed by atoms with E-state index in [2.05, 4.69) is 109 Å². The number of hydrogen-bond donors (Lipinski definition) is 0. The fourth-order valence-electron chi connectivity index (χ4n) is 7.18. The van der Waals surface area contributed by atoms with Crippen LogP contribution in [0.2, 0.25) is 0 Å². The second-order valence-electron chi connectivity index (χ2n) is 11.4. The summed E-state index contributed by atoms with van der Waals surface area (Å²) in [6.45, 7) is 4.84. The molecule has 4 heteroatoms. The van der Waals surface area contributed by atoms with Crippen LogP contribution in [0.25, 0.3) is 0 Å². The van der Waals surface area contributed by atoms with Crippen molar-refractivity contribution >= 4 is 51.5 Å². The molecular weight excluding hydrogens is 463 g/mol. The summed E-state index contributed by atoms with van der Waals surface area (Å²) in [7, 11) is 1.76. The highest BCUT2D eigenvalue weighted by Crippen LogP contribution is 2.45. The number of nitrogens with zero attached hydrogens (tertiary/aromatic N) is 2. The molecule has 0 bridgehead atoms. The van der Waals surface area contributed by atoms with Gasteiger partial charge in [-0.15, -0.1) is 0 Å². The Morgan fingerprint density at radius 3 is 2.21 bits per heavy atom. The minimum atomic E-state index is 0.187. The molecule has 190 valence electrons. The molecule has 38 heavy (non-hydrogen) atoms. The standard InChI is InChI=1S/C34H35BN2O/c1-23(2)36-30-17-11-10-16-28(30)35-29-19-18-27(38-3)22-31(29)37(26-14-8-5-9-15-26)33-21-25(20-32(36)34(33)35)24-12-6-4-7-13-24/h5,8-11,14-24H,4,6-7,12-13H2,1-3H3. The lowest BCUT2D eigenvalue weighted by atomic mass is 9.33. The first-order valence-corrected chi connectivity index (χ1v) is 14.2. The molecule has 4 aromatic carbocycles. The molecule has 1 fully saturated rings. The molecule has 3 aliphatic rings. The average Bonchev–Trinajstić information content (AvgIpc) is 2.97. The van der Waals surface area contributed by atoms with Crippen molar-refractivity contribution in [3.05, 3.63) is 90.5 Å². The Kier molecular flexibility index (Phi) is 5.72. The van der Waals surface area contributed by atoms with E-state index in [0.29, 0.717) is 12.0 Å². The molecule has 7 rings (SSSR count). The Bertz CT molecular complexity index is 1490. The second kappa shape index (κ2) is 9.27. The summed E-state index contributed by atoms with van der Waals surface area (Å²) in [6, 6.07) is 32.0. The van der Waals surface area contributed by atoms with Crippen molar-refractivity contribution in [3.63, 3.8) is 0 Å². The third kappa shape index (κ3) is 3.57. The Balaban J connectivity index is 1.57. The monoisotopic (exact) mass is 498 g/mol. The molecule has 2 aliphatic heterocycles. The number of hydrogen-bond acceptors (Lipinski definition) is 3. The van der Waals surface area contributed by atoms with Crippen molar-refractivity contribution in [1.29, 1.82) is 0 Å². The zero-order valence-electron chi connectivity index (χ0n) is 22.7. The Hall–Kier alpha value is -3.66. The van der Waals surface area contributed by atoms with Gasteiger partial charge in [-0.1, -0.05) is 61.7 Å². The van der Waals surface area contributed by atoms with Crippen LogP contribution in [0.4, 0.5) is 28.4 Å². The molecular formula is C34H35BN2O. The molecule has 0 saturated heterocycles. The molecule has 0 atom stereocenters. The summed E-state index contributed by atoms with van der Waals surface area (Å²) in [5, 5.41) is 0. The van der Waals surface area contributed by atoms with E-state index >= 15 is 0 Å². The maximum Gasteiger partial charge on any atom is 0.252 e. The highest BCUT2D eigenvalue weighted by molar-refractivity contribution is 7.00. The first-order chi connectivity index (χ1) is 18.7. The molecule has 4 aromatic rings. The highest BCUT2D eigenvalue weighted by Gasteiger charge is 2.43. The fraction of sp³-hybridized carbons (Fsp3) is 0.294. The number of methoxy groups -OCH3 is 1. The Labute approximate surface area is 227 Å². The number of anilines is 5. The minimum absolute atomic E-state index is 0.187. The summed E-state index contributed by atoms with van der Waals surface area (Å²) in [4.78, 5) is 5.08. The van der Waals surface area contributed by atoms with Crippen molar-refractivity contribution in [2.75, 3.05) is 16.9 Å². The van der Waals surface area contributed by atoms with Crippen LogP contribution in [0.1, 0.15) is 57.4 Å². The number of ether oxygens (including phenoxy) is 1. The van der Waals surface area contributed by atoms with E-state index in [9.17, 15) is 0 Å². The Morgan fingerprint density at radius 1 is 0.737 bits per heavy atom. The molecule has 0 N–H and O–H groups in total. The zero-order chi connectivity index (χ0) is 25.8. The quantitative estimate of drug-likeness (QED) is 0.251. The van der Waals surface area contributed by atoms with Crippen molar-refractivity contribution in [3.8, 4) is 5.75 Å². The van der Waals surface area contributed by atoms with Gasteiger partial charge in [0.1, 0.15) is 5.75 Å². The van der Waals surface area contributed by atoms with Gasteiger partial charge in [-0.3, -0.25) is 0 Å². The molecule has 0 aromatic heterocycles. The van der Waals surface area contributed by atoms with Crippen LogP contribution < -0.4 is 30.9 Å². The van der Waals surface area contributed by atoms with E-state index in [1.807, 2.05) is 0 Å².